The maximum Gasteiger partial charge on any atom is 0.121 e. The highest BCUT2D eigenvalue weighted by atomic mass is 35.5. The SMILES string of the molecule is CC(Cl)(Cl)C12CC3CC(CC(C3)C1)C2. The van der Waals surface area contributed by atoms with Crippen molar-refractivity contribution < 1.29 is 0 Å². The lowest BCUT2D eigenvalue weighted by atomic mass is 9.48. The first-order valence-corrected chi connectivity index (χ1v) is 6.62. The molecular formula is C12H18Cl2. The highest BCUT2D eigenvalue weighted by molar-refractivity contribution is 6.48. The van der Waals surface area contributed by atoms with Gasteiger partial charge in [0.25, 0.3) is 0 Å². The standard InChI is InChI=1S/C12H18Cl2/c1-11(13,14)12-5-8-2-9(6-12)4-10(3-8)7-12/h8-10H,2-7H2,1H3. The second-order valence-corrected chi connectivity index (χ2v) is 7.79. The lowest BCUT2D eigenvalue weighted by Crippen LogP contribution is -2.52. The zero-order valence-corrected chi connectivity index (χ0v) is 10.2. The summed E-state index contributed by atoms with van der Waals surface area (Å²) in [5, 5.41) is 0. The van der Waals surface area contributed by atoms with E-state index >= 15 is 0 Å². The molecule has 0 radical (unpaired) electrons. The van der Waals surface area contributed by atoms with E-state index in [9.17, 15) is 0 Å². The van der Waals surface area contributed by atoms with E-state index in [0.717, 1.165) is 17.8 Å². The van der Waals surface area contributed by atoms with Crippen LogP contribution in [-0.2, 0) is 0 Å². The van der Waals surface area contributed by atoms with Crippen molar-refractivity contribution in [2.24, 2.45) is 23.2 Å². The summed E-state index contributed by atoms with van der Waals surface area (Å²) in [6, 6.07) is 0. The Morgan fingerprint density at radius 2 is 1.29 bits per heavy atom. The molecule has 0 aromatic rings. The van der Waals surface area contributed by atoms with Gasteiger partial charge in [-0.25, -0.2) is 0 Å². The largest absolute Gasteiger partial charge is 0.121 e. The minimum absolute atomic E-state index is 0.269. The van der Waals surface area contributed by atoms with Crippen molar-refractivity contribution in [3.8, 4) is 0 Å². The Balaban J connectivity index is 1.95. The molecule has 0 nitrogen and oxygen atoms in total. The molecule has 4 bridgehead atoms. The molecule has 0 saturated heterocycles. The molecule has 0 unspecified atom stereocenters. The van der Waals surface area contributed by atoms with Crippen molar-refractivity contribution in [1.82, 2.24) is 0 Å². The third kappa shape index (κ3) is 1.26. The first kappa shape index (κ1) is 9.78. The molecule has 0 atom stereocenters. The third-order valence-corrected chi connectivity index (χ3v) is 5.77. The van der Waals surface area contributed by atoms with Crippen molar-refractivity contribution in [3.63, 3.8) is 0 Å². The Bertz CT molecular complexity index is 216. The van der Waals surface area contributed by atoms with Crippen LogP contribution in [0.4, 0.5) is 0 Å². The average Bonchev–Trinajstić information content (AvgIpc) is 1.98. The van der Waals surface area contributed by atoms with Crippen molar-refractivity contribution in [2.75, 3.05) is 0 Å². The summed E-state index contributed by atoms with van der Waals surface area (Å²) in [7, 11) is 0. The Kier molecular flexibility index (Phi) is 1.97. The van der Waals surface area contributed by atoms with E-state index in [1.807, 2.05) is 6.92 Å². The summed E-state index contributed by atoms with van der Waals surface area (Å²) in [6.45, 7) is 2.02. The summed E-state index contributed by atoms with van der Waals surface area (Å²) >= 11 is 12.8. The van der Waals surface area contributed by atoms with Gasteiger partial charge in [0.05, 0.1) is 0 Å². The molecule has 4 aliphatic carbocycles. The van der Waals surface area contributed by atoms with Crippen LogP contribution in [0, 0.1) is 23.2 Å². The maximum atomic E-state index is 6.42. The van der Waals surface area contributed by atoms with Crippen molar-refractivity contribution in [1.29, 1.82) is 0 Å². The van der Waals surface area contributed by atoms with Gasteiger partial charge >= 0.3 is 0 Å². The van der Waals surface area contributed by atoms with Crippen molar-refractivity contribution >= 4 is 23.2 Å². The van der Waals surface area contributed by atoms with Crippen LogP contribution in [0.2, 0.25) is 0 Å². The molecule has 14 heavy (non-hydrogen) atoms. The summed E-state index contributed by atoms with van der Waals surface area (Å²) in [5.74, 6) is 2.83. The van der Waals surface area contributed by atoms with Crippen molar-refractivity contribution in [2.45, 2.75) is 49.8 Å². The van der Waals surface area contributed by atoms with E-state index < -0.39 is 4.33 Å². The second-order valence-electron chi connectivity index (χ2n) is 6.09. The summed E-state index contributed by atoms with van der Waals surface area (Å²) in [4.78, 5) is 0. The maximum absolute atomic E-state index is 6.42. The fourth-order valence-electron chi connectivity index (χ4n) is 4.65. The Hall–Kier alpha value is 0.580. The smallest absolute Gasteiger partial charge is 0.101 e. The number of alkyl halides is 2. The Labute approximate surface area is 96.3 Å². The Morgan fingerprint density at radius 1 is 0.929 bits per heavy atom. The minimum Gasteiger partial charge on any atom is -0.101 e. The number of halogens is 2. The molecule has 4 saturated carbocycles. The zero-order chi connectivity index (χ0) is 9.97. The normalized spacial score (nSPS) is 51.2. The van der Waals surface area contributed by atoms with Crippen LogP contribution in [0.25, 0.3) is 0 Å². The van der Waals surface area contributed by atoms with E-state index in [2.05, 4.69) is 0 Å². The van der Waals surface area contributed by atoms with E-state index in [1.165, 1.54) is 38.5 Å². The van der Waals surface area contributed by atoms with E-state index in [4.69, 9.17) is 23.2 Å². The van der Waals surface area contributed by atoms with E-state index in [1.54, 1.807) is 0 Å². The molecule has 0 heterocycles. The molecule has 80 valence electrons. The second kappa shape index (κ2) is 2.83. The highest BCUT2D eigenvalue weighted by Gasteiger charge is 2.57. The summed E-state index contributed by atoms with van der Waals surface area (Å²) in [6.07, 6.45) is 8.27. The molecule has 4 fully saturated rings. The topological polar surface area (TPSA) is 0 Å². The zero-order valence-electron chi connectivity index (χ0n) is 8.73. The minimum atomic E-state index is -0.497. The lowest BCUT2D eigenvalue weighted by Gasteiger charge is -2.60. The predicted octanol–water partition coefficient (Wildman–Crippen LogP) is 4.40. The molecule has 2 heteroatoms. The molecule has 0 aromatic carbocycles. The summed E-state index contributed by atoms with van der Waals surface area (Å²) in [5.41, 5.74) is 0.269. The van der Waals surface area contributed by atoms with Gasteiger partial charge in [-0.3, -0.25) is 0 Å². The first-order valence-electron chi connectivity index (χ1n) is 5.86. The number of rotatable bonds is 1. The quantitative estimate of drug-likeness (QED) is 0.589. The van der Waals surface area contributed by atoms with Crippen LogP contribution < -0.4 is 0 Å². The lowest BCUT2D eigenvalue weighted by molar-refractivity contribution is -0.0593. The van der Waals surface area contributed by atoms with Gasteiger partial charge in [-0.2, -0.15) is 0 Å². The van der Waals surface area contributed by atoms with Crippen LogP contribution in [-0.4, -0.2) is 4.33 Å². The van der Waals surface area contributed by atoms with Crippen molar-refractivity contribution in [3.05, 3.63) is 0 Å². The first-order chi connectivity index (χ1) is 6.48. The summed E-state index contributed by atoms with van der Waals surface area (Å²) < 4.78 is -0.497. The van der Waals surface area contributed by atoms with Crippen LogP contribution in [0.5, 0.6) is 0 Å². The highest BCUT2D eigenvalue weighted by Crippen LogP contribution is 2.65. The predicted molar refractivity (Wildman–Crippen MR) is 60.7 cm³/mol. The van der Waals surface area contributed by atoms with Gasteiger partial charge in [-0.15, -0.1) is 23.2 Å². The fourth-order valence-corrected chi connectivity index (χ4v) is 5.11. The fraction of sp³-hybridized carbons (Fsp3) is 1.00. The molecule has 0 amide bonds. The van der Waals surface area contributed by atoms with E-state index in [-0.39, 0.29) is 5.41 Å². The van der Waals surface area contributed by atoms with E-state index in [0.29, 0.717) is 0 Å². The average molecular weight is 233 g/mol. The van der Waals surface area contributed by atoms with Crippen LogP contribution in [0.3, 0.4) is 0 Å². The van der Waals surface area contributed by atoms with Gasteiger partial charge < -0.3 is 0 Å². The van der Waals surface area contributed by atoms with Gasteiger partial charge in [0.15, 0.2) is 0 Å². The Morgan fingerprint density at radius 3 is 1.57 bits per heavy atom. The van der Waals surface area contributed by atoms with Crippen LogP contribution in [0.15, 0.2) is 0 Å². The molecular weight excluding hydrogens is 215 g/mol. The van der Waals surface area contributed by atoms with Crippen LogP contribution in [0.1, 0.15) is 45.4 Å². The molecule has 4 rings (SSSR count). The van der Waals surface area contributed by atoms with Crippen LogP contribution >= 0.6 is 23.2 Å². The molecule has 0 spiro atoms. The number of hydrogen-bond acceptors (Lipinski definition) is 0. The van der Waals surface area contributed by atoms with Gasteiger partial charge in [-0.1, -0.05) is 0 Å². The van der Waals surface area contributed by atoms with Gasteiger partial charge in [0.2, 0.25) is 0 Å². The molecule has 0 aromatic heterocycles. The van der Waals surface area contributed by atoms with Gasteiger partial charge in [-0.05, 0) is 63.2 Å². The number of hydrogen-bond donors (Lipinski definition) is 0. The molecule has 4 aliphatic rings. The monoisotopic (exact) mass is 232 g/mol. The molecule has 0 aliphatic heterocycles. The van der Waals surface area contributed by atoms with Gasteiger partial charge in [0, 0.05) is 5.41 Å². The van der Waals surface area contributed by atoms with Gasteiger partial charge in [0.1, 0.15) is 4.33 Å². The molecule has 0 N–H and O–H groups in total. The third-order valence-electron chi connectivity index (χ3n) is 4.97.